The van der Waals surface area contributed by atoms with E-state index in [1.54, 1.807) is 49.5 Å². The summed E-state index contributed by atoms with van der Waals surface area (Å²) in [6.45, 7) is 16.9. The number of ketones is 1. The van der Waals surface area contributed by atoms with E-state index < -0.39 is 145 Å². The second kappa shape index (κ2) is 34.9. The molecule has 2 aromatic rings. The standard InChI is InChI=1S/C68H90IN3O22S3/c1-15-38-22-24-39(25-23-38)70-66(80)72(16-2)42-33-87-48(31-46(42)82-10)92-60-55(77)53(35(4)89-65(60)91-45-21-19-17-18-20-27-68(81)32-44(74)40(29-47(75)83-11)51(45)41(68)26-28-95-97-67(7,8)9)71-94-49-30-43(73)62(37(6)88-49)96-63(79)50-34(3)52(69)58(61(86-14)57(50)84-12)93-64-56(78)59(85-13)54(76)36(5)90-64/h17-18,22-26,35-37,42-43,45-46,48-49,53-56,59-60,62,64-65,71,73,76-78,81H,15-16,28-33H2,1-14H3,(H,70,80)/b18-17-,41-26+/t35-,36+,37-,42+,43+,45+,46+,48+,49+,53-,54+,55+,56-,59-,60-,62-,64+,65+,68+/m1/s1. The van der Waals surface area contributed by atoms with Crippen molar-refractivity contribution in [1.29, 1.82) is 0 Å². The number of carbonyl (C=O) groups is 4. The molecule has 2 amide bonds. The summed E-state index contributed by atoms with van der Waals surface area (Å²) in [6, 6.07) is 5.43. The quantitative estimate of drug-likeness (QED) is 0.0148. The fraction of sp³-hybridized carbons (Fsp3) is 0.618. The summed E-state index contributed by atoms with van der Waals surface area (Å²) in [5, 5.41) is 60.5. The maximum absolute atomic E-state index is 14.6. The number of halogens is 1. The monoisotopic (exact) mass is 1520 g/mol. The molecule has 2 aliphatic carbocycles. The minimum atomic E-state index is -2.07. The number of aryl methyl sites for hydroxylation is 1. The van der Waals surface area contributed by atoms with Crippen LogP contribution in [0.2, 0.25) is 0 Å². The summed E-state index contributed by atoms with van der Waals surface area (Å²) in [7, 11) is 9.88. The summed E-state index contributed by atoms with van der Waals surface area (Å²) in [4.78, 5) is 63.9. The smallest absolute Gasteiger partial charge is 0.322 e. The lowest BCUT2D eigenvalue weighted by Gasteiger charge is -2.47. The molecule has 0 unspecified atom stereocenters. The molecular weight excluding hydrogens is 1430 g/mol. The Morgan fingerprint density at radius 3 is 2.19 bits per heavy atom. The van der Waals surface area contributed by atoms with Gasteiger partial charge in [0.25, 0.3) is 0 Å². The minimum Gasteiger partial charge on any atom is -0.492 e. The van der Waals surface area contributed by atoms with Crippen molar-refractivity contribution in [3.05, 3.63) is 79.5 Å². The zero-order valence-electron chi connectivity index (χ0n) is 56.8. The van der Waals surface area contributed by atoms with Gasteiger partial charge in [0.2, 0.25) is 17.2 Å². The molecule has 4 heterocycles. The Balaban J connectivity index is 1.05. The summed E-state index contributed by atoms with van der Waals surface area (Å²) < 4.78 is 73.6. The predicted molar refractivity (Wildman–Crippen MR) is 371 cm³/mol. The molecule has 0 spiro atoms. The van der Waals surface area contributed by atoms with Crippen LogP contribution in [0.1, 0.15) is 103 Å². The van der Waals surface area contributed by atoms with Gasteiger partial charge in [0.15, 0.2) is 41.8 Å². The number of hydrogen-bond acceptors (Lipinski definition) is 26. The van der Waals surface area contributed by atoms with Gasteiger partial charge in [-0.1, -0.05) is 103 Å². The Morgan fingerprint density at radius 2 is 1.55 bits per heavy atom. The number of hydrogen-bond donors (Lipinski definition) is 7. The van der Waals surface area contributed by atoms with Crippen molar-refractivity contribution in [3.63, 3.8) is 0 Å². The zero-order chi connectivity index (χ0) is 70.8. The molecule has 4 fully saturated rings. The van der Waals surface area contributed by atoms with Gasteiger partial charge >= 0.3 is 12.0 Å². The number of amides is 2. The van der Waals surface area contributed by atoms with E-state index in [1.165, 1.54) is 58.5 Å². The number of thioether (sulfide) groups is 1. The van der Waals surface area contributed by atoms with Gasteiger partial charge in [0.05, 0.1) is 97.8 Å². The van der Waals surface area contributed by atoms with Crippen molar-refractivity contribution in [1.82, 2.24) is 10.4 Å². The van der Waals surface area contributed by atoms with Crippen molar-refractivity contribution in [2.75, 3.05) is 59.8 Å². The summed E-state index contributed by atoms with van der Waals surface area (Å²) in [5.74, 6) is 10.8. The summed E-state index contributed by atoms with van der Waals surface area (Å²) >= 11 is 2.81. The largest absolute Gasteiger partial charge is 0.492 e. The molecule has 19 atom stereocenters. The van der Waals surface area contributed by atoms with Gasteiger partial charge < -0.3 is 92.6 Å². The van der Waals surface area contributed by atoms with Gasteiger partial charge in [-0.2, -0.15) is 5.48 Å². The molecule has 4 saturated heterocycles. The molecule has 2 aromatic carbocycles. The Kier molecular flexibility index (Phi) is 28.1. The molecule has 29 heteroatoms. The Bertz CT molecular complexity index is 3340. The van der Waals surface area contributed by atoms with E-state index in [0.717, 1.165) is 23.7 Å². The van der Waals surface area contributed by atoms with Crippen molar-refractivity contribution < 1.29 is 106 Å². The number of rotatable bonds is 24. The van der Waals surface area contributed by atoms with Gasteiger partial charge in [-0.05, 0) is 99.0 Å². The molecule has 7 N–H and O–H groups in total. The number of nitrogens with zero attached hydrogens (tertiary/aromatic N) is 1. The summed E-state index contributed by atoms with van der Waals surface area (Å²) in [5.41, 5.74) is 3.32. The number of urea groups is 1. The highest BCUT2D eigenvalue weighted by Crippen LogP contribution is 2.49. The first kappa shape index (κ1) is 78.2. The second-order valence-corrected chi connectivity index (χ2v) is 30.3. The average Bonchev–Trinajstić information content (AvgIpc) is 0.758. The van der Waals surface area contributed by atoms with Crippen LogP contribution >= 0.6 is 55.9 Å². The fourth-order valence-corrected chi connectivity index (χ4v) is 16.1. The van der Waals surface area contributed by atoms with Crippen LogP contribution in [0.3, 0.4) is 0 Å². The van der Waals surface area contributed by atoms with E-state index in [2.05, 4.69) is 55.2 Å². The molecule has 25 nitrogen and oxygen atoms in total. The third kappa shape index (κ3) is 18.6. The predicted octanol–water partition coefficient (Wildman–Crippen LogP) is 6.47. The lowest BCUT2D eigenvalue weighted by molar-refractivity contribution is -0.337. The lowest BCUT2D eigenvalue weighted by atomic mass is 9.72. The van der Waals surface area contributed by atoms with Crippen LogP contribution in [0.5, 0.6) is 17.2 Å². The van der Waals surface area contributed by atoms with Crippen LogP contribution in [0.4, 0.5) is 10.5 Å². The second-order valence-electron chi connectivity index (χ2n) is 24.9. The Morgan fingerprint density at radius 1 is 0.845 bits per heavy atom. The van der Waals surface area contributed by atoms with Gasteiger partial charge in [0, 0.05) is 66.5 Å². The number of anilines is 1. The highest BCUT2D eigenvalue weighted by atomic mass is 127. The van der Waals surface area contributed by atoms with E-state index in [0.29, 0.717) is 20.6 Å². The maximum Gasteiger partial charge on any atom is 0.322 e. The number of allylic oxidation sites excluding steroid dienone is 2. The number of aliphatic hydroxyl groups is 5. The first-order valence-electron chi connectivity index (χ1n) is 32.0. The molecule has 0 radical (unpaired) electrons. The van der Waals surface area contributed by atoms with E-state index in [-0.39, 0.29) is 76.3 Å². The number of ether oxygens (including phenoxy) is 12. The first-order chi connectivity index (χ1) is 46.1. The summed E-state index contributed by atoms with van der Waals surface area (Å²) in [6.07, 6.45) is -13.6. The SMILES string of the molecule is CCc1ccc(NC(=O)N(CC)[C@H]2CO[C@@H](O[C@H]3[C@H](O[C@H]4C#C/C=C\C#C[C@]5(O)CC(=O)C(CC(=O)OC)=C4/C5=C\CSSC(C)(C)C)O[C@H](C)[C@@H](NO[C@H]4C[C@H](O)[C@H](SC(=O)c5c(C)c(I)c(O[C@@H]6O[C@@H](C)[C@H](O)[C@@H](OC)[C@H]6O)c(OC)c5OC)[C@@H](C)O4)[C@@H]3O)C[C@@H]2OC)cc1. The van der Waals surface area contributed by atoms with Crippen LogP contribution in [0.15, 0.2) is 59.2 Å². The number of fused-ring (bicyclic) bond motifs is 2. The number of nitrogens with one attached hydrogen (secondary N) is 2. The molecule has 97 heavy (non-hydrogen) atoms. The number of aliphatic hydroxyl groups excluding tert-OH is 4. The molecule has 534 valence electrons. The highest BCUT2D eigenvalue weighted by Gasteiger charge is 2.52. The van der Waals surface area contributed by atoms with Gasteiger partial charge in [-0.25, -0.2) is 4.79 Å². The number of carbonyl (C=O) groups excluding carboxylic acids is 4. The Labute approximate surface area is 592 Å². The topological polar surface area (TPSA) is 317 Å². The van der Waals surface area contributed by atoms with Crippen molar-refractivity contribution in [2.45, 2.75) is 214 Å². The van der Waals surface area contributed by atoms with E-state index >= 15 is 0 Å². The molecule has 2 bridgehead atoms. The molecule has 6 aliphatic rings. The van der Waals surface area contributed by atoms with Gasteiger partial charge in [-0.3, -0.25) is 19.2 Å². The third-order valence-corrected chi connectivity index (χ3v) is 23.2. The van der Waals surface area contributed by atoms with Gasteiger partial charge in [-0.15, -0.1) is 0 Å². The van der Waals surface area contributed by atoms with Crippen molar-refractivity contribution >= 4 is 84.5 Å². The van der Waals surface area contributed by atoms with Crippen molar-refractivity contribution in [2.24, 2.45) is 0 Å². The van der Waals surface area contributed by atoms with E-state index in [9.17, 15) is 44.7 Å². The normalized spacial score (nSPS) is 32.8. The molecule has 0 aromatic heterocycles. The van der Waals surface area contributed by atoms with Crippen LogP contribution in [0, 0.1) is 34.2 Å². The number of benzene rings is 2. The maximum atomic E-state index is 14.6. The number of hydroxylamine groups is 1. The van der Waals surface area contributed by atoms with Gasteiger partial charge in [0.1, 0.15) is 36.6 Å². The number of methoxy groups -OCH3 is 5. The average molecular weight is 1520 g/mol. The first-order valence-corrected chi connectivity index (χ1v) is 36.2. The molecule has 4 aliphatic heterocycles. The third-order valence-electron chi connectivity index (χ3n) is 17.3. The van der Waals surface area contributed by atoms with Crippen molar-refractivity contribution in [3.8, 4) is 40.9 Å². The zero-order valence-corrected chi connectivity index (χ0v) is 61.4. The number of likely N-dealkylation sites (N-methyl/N-ethyl adjacent to an activating group) is 1. The van der Waals surface area contributed by atoms with E-state index in [4.69, 9.17) is 61.7 Å². The number of esters is 1. The van der Waals surface area contributed by atoms with E-state index in [1.807, 2.05) is 60.7 Å². The molecular formula is C68H90IN3O22S3. The van der Waals surface area contributed by atoms with Crippen LogP contribution < -0.4 is 25.0 Å². The fourth-order valence-electron chi connectivity index (χ4n) is 12.2. The van der Waals surface area contributed by atoms with Crippen LogP contribution in [-0.2, 0) is 63.5 Å². The Hall–Kier alpha value is -4.56. The number of Topliss-reactive ketones (excluding diaryl/α,β-unsaturated/α-hetero) is 1. The lowest BCUT2D eigenvalue weighted by Crippen LogP contribution is -2.65. The molecule has 0 saturated carbocycles. The minimum absolute atomic E-state index is 0.0141. The molecule has 8 rings (SSSR count). The van der Waals surface area contributed by atoms with Crippen LogP contribution in [0.25, 0.3) is 0 Å². The highest BCUT2D eigenvalue weighted by molar-refractivity contribution is 14.1. The van der Waals surface area contributed by atoms with Crippen LogP contribution in [-0.4, -0.2) is 228 Å².